The Bertz CT molecular complexity index is 3550. The summed E-state index contributed by atoms with van der Waals surface area (Å²) in [5.74, 6) is 0.789. The van der Waals surface area contributed by atoms with E-state index in [1.165, 1.54) is 16.7 Å². The van der Waals surface area contributed by atoms with Gasteiger partial charge in [-0.2, -0.15) is 0 Å². The number of rotatable bonds is 6. The molecule has 0 unspecified atom stereocenters. The minimum absolute atomic E-state index is 0. The molecular formula is C69H63N3O3S3Zn2. The first-order valence-corrected chi connectivity index (χ1v) is 28.6. The molecule has 0 atom stereocenters. The van der Waals surface area contributed by atoms with Crippen molar-refractivity contribution in [1.82, 2.24) is 15.0 Å². The molecule has 3 heterocycles. The van der Waals surface area contributed by atoms with Crippen LogP contribution in [0.2, 0.25) is 0 Å². The zero-order chi connectivity index (χ0) is 54.9. The molecule has 3 aromatic heterocycles. The molecule has 12 aromatic rings. The van der Waals surface area contributed by atoms with Crippen LogP contribution in [0.5, 0.6) is 17.2 Å². The maximum Gasteiger partial charge on any atom is 0.128 e. The summed E-state index contributed by atoms with van der Waals surface area (Å²) < 4.78 is 3.38. The number of hydrogen-bond acceptors (Lipinski definition) is 9. The van der Waals surface area contributed by atoms with Crippen LogP contribution < -0.4 is 0 Å². The van der Waals surface area contributed by atoms with Crippen molar-refractivity contribution in [2.75, 3.05) is 0 Å². The number of aromatic nitrogens is 3. The molecule has 6 nitrogen and oxygen atoms in total. The Balaban J connectivity index is 0.000000156. The fourth-order valence-electron chi connectivity index (χ4n) is 9.11. The van der Waals surface area contributed by atoms with Gasteiger partial charge < -0.3 is 15.3 Å². The summed E-state index contributed by atoms with van der Waals surface area (Å²) in [6.45, 7) is 19.9. The summed E-state index contributed by atoms with van der Waals surface area (Å²) in [5.41, 5.74) is 16.2. The van der Waals surface area contributed by atoms with Gasteiger partial charge in [0.15, 0.2) is 0 Å². The maximum atomic E-state index is 10.4. The van der Waals surface area contributed by atoms with Gasteiger partial charge in [-0.25, -0.2) is 15.0 Å². The summed E-state index contributed by atoms with van der Waals surface area (Å²) >= 11 is 4.81. The Morgan fingerprint density at radius 3 is 0.738 bits per heavy atom. The van der Waals surface area contributed by atoms with Gasteiger partial charge in [0.1, 0.15) is 32.3 Å². The largest absolute Gasteiger partial charge is 0.507 e. The van der Waals surface area contributed by atoms with Gasteiger partial charge in [0.25, 0.3) is 0 Å². The Kier molecular flexibility index (Phi) is 18.3. The molecule has 0 saturated carbocycles. The third kappa shape index (κ3) is 13.5. The fourth-order valence-corrected chi connectivity index (χ4v) is 12.1. The topological polar surface area (TPSA) is 99.4 Å². The van der Waals surface area contributed by atoms with E-state index in [4.69, 9.17) is 0 Å². The van der Waals surface area contributed by atoms with E-state index in [1.54, 1.807) is 52.2 Å². The number of aromatic hydroxyl groups is 3. The van der Waals surface area contributed by atoms with Crippen molar-refractivity contribution >= 4 is 64.7 Å². The van der Waals surface area contributed by atoms with Gasteiger partial charge in [-0.15, -0.1) is 34.0 Å². The first-order chi connectivity index (χ1) is 37.2. The van der Waals surface area contributed by atoms with E-state index in [0.717, 1.165) is 95.7 Å². The number of thiazole rings is 3. The van der Waals surface area contributed by atoms with Crippen molar-refractivity contribution in [2.24, 2.45) is 0 Å². The van der Waals surface area contributed by atoms with E-state index < -0.39 is 0 Å². The third-order valence-corrected chi connectivity index (χ3v) is 17.0. The van der Waals surface area contributed by atoms with Crippen LogP contribution in [0.15, 0.2) is 200 Å². The van der Waals surface area contributed by atoms with Gasteiger partial charge in [0.05, 0.1) is 47.3 Å². The molecule has 80 heavy (non-hydrogen) atoms. The number of phenols is 3. The smallest absolute Gasteiger partial charge is 0.128 e. The number of benzene rings is 9. The van der Waals surface area contributed by atoms with Gasteiger partial charge in [0, 0.05) is 39.0 Å². The molecule has 0 aliphatic heterocycles. The predicted molar refractivity (Wildman–Crippen MR) is 333 cm³/mol. The zero-order valence-electron chi connectivity index (χ0n) is 46.9. The van der Waals surface area contributed by atoms with Crippen LogP contribution in [0.3, 0.4) is 0 Å². The van der Waals surface area contributed by atoms with Crippen molar-refractivity contribution in [2.45, 2.75) is 78.6 Å². The van der Waals surface area contributed by atoms with Crippen LogP contribution in [-0.2, 0) is 55.2 Å². The normalized spacial score (nSPS) is 11.5. The van der Waals surface area contributed by atoms with E-state index in [-0.39, 0.29) is 72.4 Å². The predicted octanol–water partition coefficient (Wildman–Crippen LogP) is 19.9. The molecule has 3 N–H and O–H groups in total. The first-order valence-electron chi connectivity index (χ1n) is 26.1. The van der Waals surface area contributed by atoms with Crippen LogP contribution in [0, 0.1) is 0 Å². The number of phenolic OH excluding ortho intramolecular Hbond substituents is 3. The third-order valence-electron chi connectivity index (χ3n) is 13.8. The van der Waals surface area contributed by atoms with Crippen molar-refractivity contribution in [1.29, 1.82) is 0 Å². The van der Waals surface area contributed by atoms with Gasteiger partial charge in [-0.1, -0.05) is 190 Å². The molecule has 0 amide bonds. The van der Waals surface area contributed by atoms with Crippen molar-refractivity contribution in [3.8, 4) is 82.3 Å². The zero-order valence-corrected chi connectivity index (χ0v) is 55.3. The molecule has 12 rings (SSSR count). The second-order valence-corrected chi connectivity index (χ2v) is 25.7. The molecule has 394 valence electrons. The summed E-state index contributed by atoms with van der Waals surface area (Å²) in [4.78, 5) is 14.1. The number of para-hydroxylation sites is 3. The van der Waals surface area contributed by atoms with E-state index in [0.29, 0.717) is 0 Å². The van der Waals surface area contributed by atoms with Crippen molar-refractivity contribution < 1.29 is 54.3 Å². The molecule has 11 heteroatoms. The SMILES string of the molecule is CC(C)(C)c1ccc(-c2ccc(O)c(-c3nc4ccccc4s3)c2)cc1.CC(C)(C)c1ccc(-c2ccc(O)c(-c3nc4ccccc4s3)c2)cc1.CC(C)(C)c1ccc(-c2ccc(O)c(-c3nc4ccccc4s3)c2)cc1.[Zn].[Zn]. The van der Waals surface area contributed by atoms with Gasteiger partial charge in [-0.3, -0.25) is 0 Å². The van der Waals surface area contributed by atoms with Gasteiger partial charge in [0.2, 0.25) is 0 Å². The molecule has 0 bridgehead atoms. The molecule has 0 radical (unpaired) electrons. The van der Waals surface area contributed by atoms with E-state index in [1.807, 2.05) is 91.0 Å². The quantitative estimate of drug-likeness (QED) is 0.144. The van der Waals surface area contributed by atoms with E-state index >= 15 is 0 Å². The standard InChI is InChI=1S/3C23H21NOS.2Zn/c3*1-23(2,3)17-11-8-15(9-12-17)16-10-13-20(25)18(14-16)22-24-19-6-4-5-7-21(19)26-22;;/h3*4-14,25H,1-3H3;;. The molecule has 0 saturated heterocycles. The van der Waals surface area contributed by atoms with Crippen LogP contribution in [0.4, 0.5) is 0 Å². The average Bonchev–Trinajstić information content (AvgIpc) is 4.22. The summed E-state index contributed by atoms with van der Waals surface area (Å²) in [5, 5.41) is 33.7. The Morgan fingerprint density at radius 2 is 0.512 bits per heavy atom. The van der Waals surface area contributed by atoms with E-state index in [2.05, 4.69) is 168 Å². The Hall–Kier alpha value is -6.70. The Morgan fingerprint density at radius 1 is 0.287 bits per heavy atom. The second-order valence-electron chi connectivity index (χ2n) is 22.6. The molecular weight excluding hydrogens is 1150 g/mol. The second kappa shape index (κ2) is 24.6. The monoisotopic (exact) mass is 1210 g/mol. The summed E-state index contributed by atoms with van der Waals surface area (Å²) in [6.07, 6.45) is 0. The summed E-state index contributed by atoms with van der Waals surface area (Å²) in [7, 11) is 0. The molecule has 0 fully saturated rings. The van der Waals surface area contributed by atoms with Gasteiger partial charge in [-0.05, 0) is 139 Å². The van der Waals surface area contributed by atoms with Crippen molar-refractivity contribution in [3.63, 3.8) is 0 Å². The number of fused-ring (bicyclic) bond motifs is 3. The average molecular weight is 1210 g/mol. The molecule has 0 aliphatic carbocycles. The van der Waals surface area contributed by atoms with Crippen LogP contribution in [0.1, 0.15) is 79.0 Å². The van der Waals surface area contributed by atoms with Crippen LogP contribution in [-0.4, -0.2) is 30.3 Å². The minimum Gasteiger partial charge on any atom is -0.507 e. The van der Waals surface area contributed by atoms with Crippen LogP contribution >= 0.6 is 34.0 Å². The number of hydrogen-bond donors (Lipinski definition) is 3. The van der Waals surface area contributed by atoms with Crippen LogP contribution in [0.25, 0.3) is 95.7 Å². The molecule has 0 aliphatic rings. The number of nitrogens with zero attached hydrogens (tertiary/aromatic N) is 3. The molecule has 0 spiro atoms. The van der Waals surface area contributed by atoms with Gasteiger partial charge >= 0.3 is 0 Å². The molecule has 9 aromatic carbocycles. The Labute approximate surface area is 507 Å². The van der Waals surface area contributed by atoms with E-state index in [9.17, 15) is 15.3 Å². The van der Waals surface area contributed by atoms with Crippen molar-refractivity contribution in [3.05, 3.63) is 217 Å². The summed E-state index contributed by atoms with van der Waals surface area (Å²) in [6, 6.07) is 67.4. The first kappa shape index (κ1) is 59.4. The minimum atomic E-state index is 0. The fraction of sp³-hybridized carbons (Fsp3) is 0.174. The maximum absolute atomic E-state index is 10.4.